The fourth-order valence-electron chi connectivity index (χ4n) is 1.54. The van der Waals surface area contributed by atoms with E-state index in [0.29, 0.717) is 0 Å². The molecule has 0 atom stereocenters. The lowest BCUT2D eigenvalue weighted by molar-refractivity contribution is 1.06. The number of rotatable bonds is 0. The second kappa shape index (κ2) is 4.18. The second-order valence-corrected chi connectivity index (χ2v) is 3.24. The molecule has 2 rings (SSSR count). The monoisotopic (exact) mass is 190 g/mol. The highest BCUT2D eigenvalue weighted by Gasteiger charge is 2.01. The maximum Gasteiger partial charge on any atom is 0.0692 e. The van der Waals surface area contributed by atoms with E-state index in [1.807, 2.05) is 20.0 Å². The number of nitrogens with two attached hydrogens (primary N) is 1. The molecule has 2 aromatic rings. The first kappa shape index (κ1) is 10.6. The van der Waals surface area contributed by atoms with Crippen molar-refractivity contribution in [2.75, 3.05) is 5.84 Å². The maximum atomic E-state index is 5.74. The molecule has 0 spiro atoms. The van der Waals surface area contributed by atoms with E-state index in [9.17, 15) is 0 Å². The first-order valence-electron chi connectivity index (χ1n) is 5.02. The van der Waals surface area contributed by atoms with Crippen LogP contribution in [0.15, 0.2) is 24.4 Å². The zero-order chi connectivity index (χ0) is 10.7. The van der Waals surface area contributed by atoms with Crippen LogP contribution in [0.3, 0.4) is 0 Å². The first-order chi connectivity index (χ1) is 6.68. The highest BCUT2D eigenvalue weighted by atomic mass is 15.3. The average molecular weight is 190 g/mol. The lowest BCUT2D eigenvalue weighted by Crippen LogP contribution is -2.04. The summed E-state index contributed by atoms with van der Waals surface area (Å²) in [6, 6.07) is 6.29. The van der Waals surface area contributed by atoms with Crippen LogP contribution in [-0.4, -0.2) is 4.68 Å². The Balaban J connectivity index is 0.000000461. The normalized spacial score (nSPS) is 9.71. The predicted molar refractivity (Wildman–Crippen MR) is 62.9 cm³/mol. The molecule has 0 bridgehead atoms. The highest BCUT2D eigenvalue weighted by Crippen LogP contribution is 2.19. The van der Waals surface area contributed by atoms with Gasteiger partial charge in [-0.3, -0.25) is 4.68 Å². The van der Waals surface area contributed by atoms with Gasteiger partial charge in [-0.05, 0) is 31.5 Å². The van der Waals surface area contributed by atoms with Crippen molar-refractivity contribution in [3.05, 3.63) is 35.5 Å². The fraction of sp³-hybridized carbons (Fsp3) is 0.333. The van der Waals surface area contributed by atoms with Crippen LogP contribution in [0.5, 0.6) is 0 Å². The Morgan fingerprint density at radius 3 is 2.43 bits per heavy atom. The van der Waals surface area contributed by atoms with Gasteiger partial charge in [-0.15, -0.1) is 0 Å². The van der Waals surface area contributed by atoms with Gasteiger partial charge in [-0.1, -0.05) is 25.5 Å². The van der Waals surface area contributed by atoms with Crippen molar-refractivity contribution < 1.29 is 0 Å². The third-order valence-electron chi connectivity index (χ3n) is 2.19. The molecule has 1 aromatic carbocycles. The van der Waals surface area contributed by atoms with Gasteiger partial charge in [0.25, 0.3) is 0 Å². The van der Waals surface area contributed by atoms with Crippen LogP contribution < -0.4 is 5.84 Å². The van der Waals surface area contributed by atoms with E-state index in [1.165, 1.54) is 16.5 Å². The molecule has 0 aliphatic carbocycles. The molecule has 1 aromatic heterocycles. The summed E-state index contributed by atoms with van der Waals surface area (Å²) < 4.78 is 1.67. The van der Waals surface area contributed by atoms with Gasteiger partial charge in [0.1, 0.15) is 0 Å². The van der Waals surface area contributed by atoms with Crippen LogP contribution in [-0.2, 0) is 0 Å². The largest absolute Gasteiger partial charge is 0.339 e. The second-order valence-electron chi connectivity index (χ2n) is 3.24. The van der Waals surface area contributed by atoms with Gasteiger partial charge in [0, 0.05) is 11.6 Å². The summed E-state index contributed by atoms with van der Waals surface area (Å²) >= 11 is 0. The molecule has 0 aliphatic rings. The Kier molecular flexibility index (Phi) is 3.18. The Labute approximate surface area is 85.3 Å². The van der Waals surface area contributed by atoms with E-state index >= 15 is 0 Å². The van der Waals surface area contributed by atoms with E-state index in [4.69, 9.17) is 5.84 Å². The lowest BCUT2D eigenvalue weighted by atomic mass is 10.1. The van der Waals surface area contributed by atoms with E-state index < -0.39 is 0 Å². The molecule has 0 aliphatic heterocycles. The summed E-state index contributed by atoms with van der Waals surface area (Å²) in [5.74, 6) is 5.74. The van der Waals surface area contributed by atoms with Gasteiger partial charge in [-0.2, -0.15) is 0 Å². The first-order valence-corrected chi connectivity index (χ1v) is 5.02. The Bertz CT molecular complexity index is 427. The van der Waals surface area contributed by atoms with Gasteiger partial charge in [0.15, 0.2) is 0 Å². The summed E-state index contributed by atoms with van der Waals surface area (Å²) in [6.45, 7) is 8.16. The van der Waals surface area contributed by atoms with Crippen molar-refractivity contribution in [1.82, 2.24) is 4.68 Å². The number of nitrogen functional groups attached to an aromatic ring is 1. The minimum absolute atomic E-state index is 1.10. The molecule has 2 N–H and O–H groups in total. The number of aryl methyl sites for hydroxylation is 2. The van der Waals surface area contributed by atoms with Crippen LogP contribution >= 0.6 is 0 Å². The molecule has 2 nitrogen and oxygen atoms in total. The zero-order valence-electron chi connectivity index (χ0n) is 9.33. The molecular weight excluding hydrogens is 172 g/mol. The fourth-order valence-corrected chi connectivity index (χ4v) is 1.54. The molecule has 0 radical (unpaired) electrons. The van der Waals surface area contributed by atoms with Crippen LogP contribution in [0, 0.1) is 13.8 Å². The van der Waals surface area contributed by atoms with Crippen molar-refractivity contribution in [2.24, 2.45) is 0 Å². The van der Waals surface area contributed by atoms with Gasteiger partial charge in [0.05, 0.1) is 5.52 Å². The van der Waals surface area contributed by atoms with Gasteiger partial charge in [0.2, 0.25) is 0 Å². The molecule has 2 heteroatoms. The molecule has 0 fully saturated rings. The Morgan fingerprint density at radius 2 is 1.79 bits per heavy atom. The molecule has 0 saturated heterocycles. The Morgan fingerprint density at radius 1 is 1.14 bits per heavy atom. The lowest BCUT2D eigenvalue weighted by Gasteiger charge is -1.96. The topological polar surface area (TPSA) is 30.9 Å². The van der Waals surface area contributed by atoms with Crippen LogP contribution in [0.4, 0.5) is 0 Å². The number of nitrogens with zero attached hydrogens (tertiary/aromatic N) is 1. The SMILES string of the molecule is CC.Cc1ccc2c(c1)c(C)cn2N. The predicted octanol–water partition coefficient (Wildman–Crippen LogP) is 3.00. The molecule has 0 amide bonds. The van der Waals surface area contributed by atoms with Crippen molar-refractivity contribution in [1.29, 1.82) is 0 Å². The number of hydrogen-bond acceptors (Lipinski definition) is 1. The summed E-state index contributed by atoms with van der Waals surface area (Å²) in [7, 11) is 0. The minimum Gasteiger partial charge on any atom is -0.339 e. The van der Waals surface area contributed by atoms with Crippen molar-refractivity contribution in [3.63, 3.8) is 0 Å². The maximum absolute atomic E-state index is 5.74. The number of aromatic nitrogens is 1. The molecular formula is C12H18N2. The quantitative estimate of drug-likeness (QED) is 0.636. The van der Waals surface area contributed by atoms with E-state index in [1.54, 1.807) is 4.68 Å². The van der Waals surface area contributed by atoms with E-state index in [2.05, 4.69) is 32.0 Å². The molecule has 1 heterocycles. The minimum atomic E-state index is 1.10. The van der Waals surface area contributed by atoms with Crippen LogP contribution in [0.1, 0.15) is 25.0 Å². The van der Waals surface area contributed by atoms with Gasteiger partial charge in [-0.25, -0.2) is 0 Å². The third-order valence-corrected chi connectivity index (χ3v) is 2.19. The molecule has 76 valence electrons. The number of hydrogen-bond donors (Lipinski definition) is 1. The van der Waals surface area contributed by atoms with E-state index in [0.717, 1.165) is 5.52 Å². The van der Waals surface area contributed by atoms with Gasteiger partial charge < -0.3 is 5.84 Å². The van der Waals surface area contributed by atoms with E-state index in [-0.39, 0.29) is 0 Å². The Hall–Kier alpha value is -1.44. The van der Waals surface area contributed by atoms with Crippen LogP contribution in [0.2, 0.25) is 0 Å². The van der Waals surface area contributed by atoms with Gasteiger partial charge >= 0.3 is 0 Å². The zero-order valence-corrected chi connectivity index (χ0v) is 9.33. The summed E-state index contributed by atoms with van der Waals surface area (Å²) in [5, 5.41) is 1.25. The number of fused-ring (bicyclic) bond motifs is 1. The third kappa shape index (κ3) is 1.74. The smallest absolute Gasteiger partial charge is 0.0692 e. The number of benzene rings is 1. The van der Waals surface area contributed by atoms with Crippen molar-refractivity contribution >= 4 is 10.9 Å². The molecule has 0 saturated carbocycles. The molecule has 0 unspecified atom stereocenters. The van der Waals surface area contributed by atoms with Crippen LogP contribution in [0.25, 0.3) is 10.9 Å². The summed E-state index contributed by atoms with van der Waals surface area (Å²) in [5.41, 5.74) is 3.60. The highest BCUT2D eigenvalue weighted by molar-refractivity contribution is 5.84. The van der Waals surface area contributed by atoms with Crippen molar-refractivity contribution in [3.8, 4) is 0 Å². The average Bonchev–Trinajstić information content (AvgIpc) is 2.46. The standard InChI is InChI=1S/C10H12N2.C2H6/c1-7-3-4-10-9(5-7)8(2)6-12(10)11;1-2/h3-6H,11H2,1-2H3;1-2H3. The summed E-state index contributed by atoms with van der Waals surface area (Å²) in [4.78, 5) is 0. The summed E-state index contributed by atoms with van der Waals surface area (Å²) in [6.07, 6.45) is 1.95. The molecule has 14 heavy (non-hydrogen) atoms. The van der Waals surface area contributed by atoms with Crippen molar-refractivity contribution in [2.45, 2.75) is 27.7 Å².